The fourth-order valence-corrected chi connectivity index (χ4v) is 7.82. The zero-order valence-electron chi connectivity index (χ0n) is 21.3. The molecule has 0 saturated heterocycles. The van der Waals surface area contributed by atoms with Gasteiger partial charge in [-0.2, -0.15) is 0 Å². The van der Waals surface area contributed by atoms with Crippen LogP contribution in [0.15, 0.2) is 23.8 Å². The molecule has 4 aliphatic rings. The number of allylic oxidation sites excluding steroid dienone is 4. The highest BCUT2D eigenvalue weighted by Crippen LogP contribution is 2.70. The Hall–Kier alpha value is -2.10. The maximum atomic E-state index is 17.2. The minimum atomic E-state index is -2.05. The third-order valence-electron chi connectivity index (χ3n) is 9.79. The molecule has 3 saturated carbocycles. The topological polar surface area (TPSA) is 136 Å². The molecule has 0 unspecified atom stereocenters. The number of aliphatic hydroxyl groups is 2. The molecule has 0 aromatic carbocycles. The first-order chi connectivity index (χ1) is 16.9. The number of fused-ring (bicyclic) bond motifs is 5. The number of rotatable bonds is 7. The average molecular weight is 508 g/mol. The van der Waals surface area contributed by atoms with E-state index in [1.165, 1.54) is 12.2 Å². The Balaban J connectivity index is 1.56. The summed E-state index contributed by atoms with van der Waals surface area (Å²) in [6.45, 7) is 5.12. The Bertz CT molecular complexity index is 997. The average Bonchev–Trinajstić information content (AvgIpc) is 3.03. The molecule has 4 N–H and O–H groups in total. The summed E-state index contributed by atoms with van der Waals surface area (Å²) < 4.78 is 27.1. The number of Topliss-reactive ketones (excluding diaryl/α,β-unsaturated/α-hetero) is 1. The molecule has 0 bridgehead atoms. The van der Waals surface area contributed by atoms with Gasteiger partial charge >= 0.3 is 6.16 Å². The van der Waals surface area contributed by atoms with Crippen LogP contribution in [0.4, 0.5) is 9.18 Å². The summed E-state index contributed by atoms with van der Waals surface area (Å²) in [6, 6.07) is 0. The number of aliphatic hydroxyl groups excluding tert-OH is 1. The van der Waals surface area contributed by atoms with Gasteiger partial charge in [-0.15, -0.1) is 0 Å². The van der Waals surface area contributed by atoms with Gasteiger partial charge in [-0.3, -0.25) is 9.59 Å². The number of carbonyl (C=O) groups excluding carboxylic acids is 3. The summed E-state index contributed by atoms with van der Waals surface area (Å²) in [6.07, 6.45) is 4.36. The molecule has 0 amide bonds. The summed E-state index contributed by atoms with van der Waals surface area (Å²) in [5.41, 5.74) is -0.139. The van der Waals surface area contributed by atoms with Crippen molar-refractivity contribution in [2.45, 2.75) is 76.7 Å². The Labute approximate surface area is 211 Å². The highest BCUT2D eigenvalue weighted by molar-refractivity contribution is 6.01. The third-order valence-corrected chi connectivity index (χ3v) is 9.79. The van der Waals surface area contributed by atoms with Gasteiger partial charge in [0.15, 0.2) is 18.1 Å². The normalized spacial score (nSPS) is 43.2. The molecular formula is C27H38FNO7. The van der Waals surface area contributed by atoms with Crippen LogP contribution in [-0.2, 0) is 19.1 Å². The van der Waals surface area contributed by atoms with E-state index in [1.807, 2.05) is 0 Å². The lowest BCUT2D eigenvalue weighted by Gasteiger charge is -2.62. The summed E-state index contributed by atoms with van der Waals surface area (Å²) in [5, 5.41) is 23.2. The Morgan fingerprint density at radius 3 is 2.64 bits per heavy atom. The number of unbranched alkanes of at least 4 members (excludes halogenated alkanes) is 1. The lowest BCUT2D eigenvalue weighted by Crippen LogP contribution is -2.69. The van der Waals surface area contributed by atoms with Crippen LogP contribution in [0.5, 0.6) is 0 Å². The maximum Gasteiger partial charge on any atom is 0.508 e. The smallest absolute Gasteiger partial charge is 0.434 e. The van der Waals surface area contributed by atoms with E-state index in [9.17, 15) is 24.6 Å². The van der Waals surface area contributed by atoms with Gasteiger partial charge in [0.05, 0.1) is 12.7 Å². The van der Waals surface area contributed by atoms with E-state index in [2.05, 4.69) is 0 Å². The van der Waals surface area contributed by atoms with E-state index < -0.39 is 58.6 Å². The van der Waals surface area contributed by atoms with Crippen LogP contribution >= 0.6 is 0 Å². The highest BCUT2D eigenvalue weighted by atomic mass is 19.1. The number of hydrogen-bond donors (Lipinski definition) is 3. The first-order valence-corrected chi connectivity index (χ1v) is 12.9. The second-order valence-electron chi connectivity index (χ2n) is 11.5. The molecule has 4 aliphatic carbocycles. The fraction of sp³-hybridized carbons (Fsp3) is 0.741. The van der Waals surface area contributed by atoms with Gasteiger partial charge in [-0.1, -0.05) is 25.5 Å². The second kappa shape index (κ2) is 9.33. The molecule has 3 fully saturated rings. The van der Waals surface area contributed by atoms with Crippen LogP contribution in [0.1, 0.15) is 59.3 Å². The van der Waals surface area contributed by atoms with Crippen LogP contribution in [-0.4, -0.2) is 65.1 Å². The number of ether oxygens (including phenoxy) is 2. The van der Waals surface area contributed by atoms with Crippen molar-refractivity contribution in [1.82, 2.24) is 0 Å². The monoisotopic (exact) mass is 507 g/mol. The molecule has 0 aliphatic heterocycles. The first-order valence-electron chi connectivity index (χ1n) is 12.9. The van der Waals surface area contributed by atoms with Crippen molar-refractivity contribution in [1.29, 1.82) is 0 Å². The molecule has 0 spiro atoms. The Kier molecular flexibility index (Phi) is 6.98. The van der Waals surface area contributed by atoms with Crippen molar-refractivity contribution in [3.63, 3.8) is 0 Å². The number of alkyl halides is 1. The van der Waals surface area contributed by atoms with Gasteiger partial charge in [0.2, 0.25) is 5.78 Å². The molecular weight excluding hydrogens is 469 g/mol. The van der Waals surface area contributed by atoms with Crippen molar-refractivity contribution >= 4 is 17.7 Å². The number of hydrogen-bond acceptors (Lipinski definition) is 8. The van der Waals surface area contributed by atoms with Gasteiger partial charge in [-0.25, -0.2) is 9.18 Å². The Morgan fingerprint density at radius 1 is 1.22 bits per heavy atom. The van der Waals surface area contributed by atoms with Crippen molar-refractivity contribution in [3.05, 3.63) is 23.8 Å². The highest BCUT2D eigenvalue weighted by Gasteiger charge is 2.75. The summed E-state index contributed by atoms with van der Waals surface area (Å²) in [7, 11) is 0. The van der Waals surface area contributed by atoms with Crippen LogP contribution in [0.3, 0.4) is 0 Å². The molecule has 8 nitrogen and oxygen atoms in total. The molecule has 0 aromatic heterocycles. The molecule has 0 heterocycles. The van der Waals surface area contributed by atoms with E-state index in [1.54, 1.807) is 26.8 Å². The zero-order valence-corrected chi connectivity index (χ0v) is 21.3. The predicted molar refractivity (Wildman–Crippen MR) is 128 cm³/mol. The molecule has 0 radical (unpaired) electrons. The number of halogens is 1. The molecule has 4 rings (SSSR count). The molecule has 0 aromatic rings. The Morgan fingerprint density at radius 2 is 1.94 bits per heavy atom. The molecule has 9 heteroatoms. The maximum absolute atomic E-state index is 17.2. The van der Waals surface area contributed by atoms with E-state index in [-0.39, 0.29) is 24.7 Å². The van der Waals surface area contributed by atoms with Crippen LogP contribution < -0.4 is 5.73 Å². The SMILES string of the molecule is C[C@@H]1C[C@H]2[C@@H]3CCC4=CC(=O)C=C[C@]4(C)[C@@]3(F)[C@@H](O)C[C@]2(C)[C@@]1(O)C(=O)COC(=O)OCCCCN. The first kappa shape index (κ1) is 26.9. The van der Waals surface area contributed by atoms with Crippen molar-refractivity contribution in [2.24, 2.45) is 34.3 Å². The van der Waals surface area contributed by atoms with E-state index in [0.717, 1.165) is 0 Å². The quantitative estimate of drug-likeness (QED) is 0.354. The third kappa shape index (κ3) is 3.69. The zero-order chi connectivity index (χ0) is 26.5. The van der Waals surface area contributed by atoms with Gasteiger partial charge < -0.3 is 25.4 Å². The number of nitrogens with two attached hydrogens (primary N) is 1. The molecule has 200 valence electrons. The largest absolute Gasteiger partial charge is 0.508 e. The minimum absolute atomic E-state index is 0.117. The van der Waals surface area contributed by atoms with Gasteiger partial charge in [0, 0.05) is 16.7 Å². The van der Waals surface area contributed by atoms with E-state index >= 15 is 4.39 Å². The van der Waals surface area contributed by atoms with Crippen molar-refractivity contribution in [3.8, 4) is 0 Å². The summed E-state index contributed by atoms with van der Waals surface area (Å²) >= 11 is 0. The van der Waals surface area contributed by atoms with Gasteiger partial charge in [0.1, 0.15) is 5.60 Å². The number of ketones is 2. The summed E-state index contributed by atoms with van der Waals surface area (Å²) in [4.78, 5) is 37.2. The van der Waals surface area contributed by atoms with Crippen LogP contribution in [0.25, 0.3) is 0 Å². The predicted octanol–water partition coefficient (Wildman–Crippen LogP) is 2.80. The van der Waals surface area contributed by atoms with Crippen LogP contribution in [0.2, 0.25) is 0 Å². The van der Waals surface area contributed by atoms with Crippen LogP contribution in [0, 0.1) is 28.6 Å². The van der Waals surface area contributed by atoms with Gasteiger partial charge in [0.25, 0.3) is 0 Å². The lowest BCUT2D eigenvalue weighted by molar-refractivity contribution is -0.219. The fourth-order valence-electron chi connectivity index (χ4n) is 7.82. The summed E-state index contributed by atoms with van der Waals surface area (Å²) in [5.74, 6) is -2.41. The molecule has 36 heavy (non-hydrogen) atoms. The van der Waals surface area contributed by atoms with E-state index in [4.69, 9.17) is 15.2 Å². The molecule has 8 atom stereocenters. The second-order valence-corrected chi connectivity index (χ2v) is 11.5. The van der Waals surface area contributed by atoms with Crippen molar-refractivity contribution < 1.29 is 38.5 Å². The van der Waals surface area contributed by atoms with Crippen molar-refractivity contribution in [2.75, 3.05) is 19.8 Å². The van der Waals surface area contributed by atoms with Gasteiger partial charge in [-0.05, 0) is 76.0 Å². The number of carbonyl (C=O) groups is 3. The minimum Gasteiger partial charge on any atom is -0.434 e. The standard InChI is InChI=1S/C27H38FNO7/c1-16-12-20-19-7-6-17-13-18(30)8-9-24(17,2)26(19,28)21(31)14-25(20,3)27(16,34)22(32)15-36-23(33)35-11-5-4-10-29/h8-9,13,16,19-21,31,34H,4-7,10-12,14-15,29H2,1-3H3/t16-,19+,20+,21+,24+,25+,26+,27+/m1/s1. The lowest BCUT2D eigenvalue weighted by atomic mass is 9.44. The van der Waals surface area contributed by atoms with E-state index in [0.29, 0.717) is 44.2 Å².